The zero-order valence-corrected chi connectivity index (χ0v) is 11.4. The molecule has 1 heterocycles. The lowest BCUT2D eigenvalue weighted by Gasteiger charge is -2.48. The maximum absolute atomic E-state index is 6.15. The van der Waals surface area contributed by atoms with Gasteiger partial charge in [0, 0.05) is 36.2 Å². The zero-order chi connectivity index (χ0) is 11.4. The van der Waals surface area contributed by atoms with Crippen molar-refractivity contribution in [1.29, 1.82) is 0 Å². The van der Waals surface area contributed by atoms with Gasteiger partial charge in [0.25, 0.3) is 0 Å². The number of nitrogens with zero attached hydrogens (tertiary/aromatic N) is 1. The van der Waals surface area contributed by atoms with Gasteiger partial charge in [0.2, 0.25) is 0 Å². The summed E-state index contributed by atoms with van der Waals surface area (Å²) in [4.78, 5) is 2.74. The van der Waals surface area contributed by atoms with Crippen LogP contribution in [0.3, 0.4) is 0 Å². The average Bonchev–Trinajstić information content (AvgIpc) is 2.56. The van der Waals surface area contributed by atoms with E-state index in [1.807, 2.05) is 0 Å². The number of rotatable bonds is 2. The third-order valence-corrected chi connectivity index (χ3v) is 5.58. The molecule has 2 fully saturated rings. The van der Waals surface area contributed by atoms with E-state index in [2.05, 4.69) is 23.6 Å². The Kier molecular flexibility index (Phi) is 4.57. The monoisotopic (exact) mass is 242 g/mol. The summed E-state index contributed by atoms with van der Waals surface area (Å²) in [6, 6.07) is 0.723. The normalized spacial score (nSPS) is 32.2. The number of hydrogen-bond acceptors (Lipinski definition) is 3. The molecule has 2 N–H and O–H groups in total. The first-order valence-electron chi connectivity index (χ1n) is 6.83. The van der Waals surface area contributed by atoms with Gasteiger partial charge < -0.3 is 5.73 Å². The summed E-state index contributed by atoms with van der Waals surface area (Å²) in [5.41, 5.74) is 6.50. The van der Waals surface area contributed by atoms with Crippen LogP contribution in [-0.2, 0) is 0 Å². The molecule has 2 rings (SSSR count). The van der Waals surface area contributed by atoms with Crippen LogP contribution in [0.5, 0.6) is 0 Å². The molecule has 1 aliphatic heterocycles. The van der Waals surface area contributed by atoms with Crippen molar-refractivity contribution >= 4 is 11.8 Å². The smallest absolute Gasteiger partial charge is 0.0335 e. The van der Waals surface area contributed by atoms with Crippen molar-refractivity contribution in [3.8, 4) is 0 Å². The van der Waals surface area contributed by atoms with Gasteiger partial charge in [-0.1, -0.05) is 25.7 Å². The van der Waals surface area contributed by atoms with Crippen LogP contribution in [0.2, 0.25) is 0 Å². The van der Waals surface area contributed by atoms with Crippen LogP contribution in [0.1, 0.15) is 45.4 Å². The van der Waals surface area contributed by atoms with Gasteiger partial charge in [0.15, 0.2) is 0 Å². The number of hydrogen-bond donors (Lipinski definition) is 1. The predicted molar refractivity (Wildman–Crippen MR) is 73.0 cm³/mol. The molecule has 0 bridgehead atoms. The van der Waals surface area contributed by atoms with E-state index in [0.717, 1.165) is 12.6 Å². The molecular weight excluding hydrogens is 216 g/mol. The van der Waals surface area contributed by atoms with Gasteiger partial charge in [0.1, 0.15) is 0 Å². The molecule has 2 nitrogen and oxygen atoms in total. The Labute approximate surface area is 104 Å². The van der Waals surface area contributed by atoms with Gasteiger partial charge >= 0.3 is 0 Å². The van der Waals surface area contributed by atoms with Gasteiger partial charge in [-0.15, -0.1) is 0 Å². The Balaban J connectivity index is 2.10. The van der Waals surface area contributed by atoms with Crippen molar-refractivity contribution in [2.45, 2.75) is 57.0 Å². The summed E-state index contributed by atoms with van der Waals surface area (Å²) in [5.74, 6) is 2.59. The second kappa shape index (κ2) is 5.74. The number of nitrogens with two attached hydrogens (primary N) is 1. The van der Waals surface area contributed by atoms with Crippen LogP contribution in [0.4, 0.5) is 0 Å². The molecule has 0 radical (unpaired) electrons. The van der Waals surface area contributed by atoms with E-state index in [4.69, 9.17) is 5.73 Å². The van der Waals surface area contributed by atoms with Crippen LogP contribution < -0.4 is 5.73 Å². The van der Waals surface area contributed by atoms with Crippen molar-refractivity contribution in [2.75, 3.05) is 24.6 Å². The molecule has 3 heteroatoms. The minimum atomic E-state index is 0.344. The van der Waals surface area contributed by atoms with Crippen LogP contribution in [0, 0.1) is 0 Å². The maximum atomic E-state index is 6.15. The van der Waals surface area contributed by atoms with E-state index in [9.17, 15) is 0 Å². The SMILES string of the molecule is CC1CSCCN1C1(CN)CCCCCC1. The zero-order valence-electron chi connectivity index (χ0n) is 10.6. The van der Waals surface area contributed by atoms with Gasteiger partial charge in [-0.3, -0.25) is 4.90 Å². The molecular formula is C13H26N2S. The molecule has 0 amide bonds. The predicted octanol–water partition coefficient (Wildman–Crippen LogP) is 2.48. The molecule has 1 atom stereocenters. The molecule has 16 heavy (non-hydrogen) atoms. The lowest BCUT2D eigenvalue weighted by Crippen LogP contribution is -2.59. The van der Waals surface area contributed by atoms with E-state index < -0.39 is 0 Å². The van der Waals surface area contributed by atoms with Gasteiger partial charge in [-0.05, 0) is 19.8 Å². The summed E-state index contributed by atoms with van der Waals surface area (Å²) < 4.78 is 0. The van der Waals surface area contributed by atoms with Crippen molar-refractivity contribution in [3.63, 3.8) is 0 Å². The van der Waals surface area contributed by atoms with E-state index in [1.54, 1.807) is 0 Å². The highest BCUT2D eigenvalue weighted by Crippen LogP contribution is 2.35. The Hall–Kier alpha value is 0.270. The third-order valence-electron chi connectivity index (χ3n) is 4.39. The van der Waals surface area contributed by atoms with Crippen molar-refractivity contribution in [2.24, 2.45) is 5.73 Å². The summed E-state index contributed by atoms with van der Waals surface area (Å²) >= 11 is 2.10. The summed E-state index contributed by atoms with van der Waals surface area (Å²) in [6.07, 6.45) is 8.26. The van der Waals surface area contributed by atoms with E-state index in [0.29, 0.717) is 5.54 Å². The summed E-state index contributed by atoms with van der Waals surface area (Å²) in [5, 5.41) is 0. The molecule has 0 aromatic carbocycles. The van der Waals surface area contributed by atoms with Crippen LogP contribution in [0.15, 0.2) is 0 Å². The van der Waals surface area contributed by atoms with Crippen molar-refractivity contribution in [1.82, 2.24) is 4.90 Å². The molecule has 1 unspecified atom stereocenters. The molecule has 0 aromatic heterocycles. The Morgan fingerprint density at radius 3 is 2.50 bits per heavy atom. The van der Waals surface area contributed by atoms with E-state index in [1.165, 1.54) is 56.6 Å². The topological polar surface area (TPSA) is 29.3 Å². The summed E-state index contributed by atoms with van der Waals surface area (Å²) in [6.45, 7) is 4.50. The minimum Gasteiger partial charge on any atom is -0.329 e. The van der Waals surface area contributed by atoms with E-state index >= 15 is 0 Å². The lowest BCUT2D eigenvalue weighted by molar-refractivity contribution is 0.0531. The molecule has 94 valence electrons. The standard InChI is InChI=1S/C13H26N2S/c1-12-10-16-9-8-15(12)13(11-14)6-4-2-3-5-7-13/h12H,2-11,14H2,1H3. The van der Waals surface area contributed by atoms with Crippen LogP contribution >= 0.6 is 11.8 Å². The van der Waals surface area contributed by atoms with Gasteiger partial charge in [0.05, 0.1) is 0 Å². The maximum Gasteiger partial charge on any atom is 0.0335 e. The molecule has 0 aromatic rings. The second-order valence-corrected chi connectivity index (χ2v) is 6.61. The Morgan fingerprint density at radius 1 is 1.25 bits per heavy atom. The van der Waals surface area contributed by atoms with Gasteiger partial charge in [-0.2, -0.15) is 11.8 Å². The molecule has 1 saturated heterocycles. The quantitative estimate of drug-likeness (QED) is 0.754. The first-order valence-corrected chi connectivity index (χ1v) is 7.98. The molecule has 1 saturated carbocycles. The fourth-order valence-corrected chi connectivity index (χ4v) is 4.44. The largest absolute Gasteiger partial charge is 0.329 e. The Morgan fingerprint density at radius 2 is 1.94 bits per heavy atom. The Bertz CT molecular complexity index is 212. The first-order chi connectivity index (χ1) is 7.78. The fourth-order valence-electron chi connectivity index (χ4n) is 3.43. The number of thioether (sulfide) groups is 1. The first kappa shape index (κ1) is 12.7. The second-order valence-electron chi connectivity index (χ2n) is 5.46. The highest BCUT2D eigenvalue weighted by Gasteiger charge is 2.39. The van der Waals surface area contributed by atoms with Crippen molar-refractivity contribution < 1.29 is 0 Å². The van der Waals surface area contributed by atoms with Gasteiger partial charge in [-0.25, -0.2) is 0 Å². The highest BCUT2D eigenvalue weighted by atomic mass is 32.2. The highest BCUT2D eigenvalue weighted by molar-refractivity contribution is 7.99. The average molecular weight is 242 g/mol. The summed E-state index contributed by atoms with van der Waals surface area (Å²) in [7, 11) is 0. The van der Waals surface area contributed by atoms with Crippen molar-refractivity contribution in [3.05, 3.63) is 0 Å². The molecule has 0 spiro atoms. The minimum absolute atomic E-state index is 0.344. The third kappa shape index (κ3) is 2.57. The van der Waals surface area contributed by atoms with Crippen LogP contribution in [-0.4, -0.2) is 41.1 Å². The molecule has 1 aliphatic carbocycles. The molecule has 2 aliphatic rings. The lowest BCUT2D eigenvalue weighted by atomic mass is 9.87. The van der Waals surface area contributed by atoms with Crippen LogP contribution in [0.25, 0.3) is 0 Å². The van der Waals surface area contributed by atoms with E-state index in [-0.39, 0.29) is 0 Å². The fraction of sp³-hybridized carbons (Fsp3) is 1.00.